The number of rotatable bonds is 8. The highest BCUT2D eigenvalue weighted by Crippen LogP contribution is 2.15. The molecule has 19 heavy (non-hydrogen) atoms. The molecule has 0 fully saturated rings. The van der Waals surface area contributed by atoms with Gasteiger partial charge in [-0.1, -0.05) is 50.1 Å². The summed E-state index contributed by atoms with van der Waals surface area (Å²) < 4.78 is 0. The van der Waals surface area contributed by atoms with Gasteiger partial charge in [0.1, 0.15) is 0 Å². The molecular weight excluding hydrogens is 230 g/mol. The second kappa shape index (κ2) is 8.37. The molecule has 1 aromatic rings. The molecule has 0 aromatic heterocycles. The molecule has 1 aromatic carbocycles. The first-order valence-corrected chi connectivity index (χ1v) is 7.81. The summed E-state index contributed by atoms with van der Waals surface area (Å²) in [4.78, 5) is 0. The summed E-state index contributed by atoms with van der Waals surface area (Å²) >= 11 is 0. The van der Waals surface area contributed by atoms with Crippen molar-refractivity contribution in [1.29, 1.82) is 0 Å². The zero-order chi connectivity index (χ0) is 14.3. The maximum Gasteiger partial charge on any atom is 0.00726 e. The van der Waals surface area contributed by atoms with Crippen molar-refractivity contribution in [1.82, 2.24) is 5.32 Å². The van der Waals surface area contributed by atoms with E-state index in [0.29, 0.717) is 6.04 Å². The van der Waals surface area contributed by atoms with E-state index >= 15 is 0 Å². The van der Waals surface area contributed by atoms with Crippen LogP contribution in [0.4, 0.5) is 0 Å². The smallest absolute Gasteiger partial charge is 0.00726 e. The van der Waals surface area contributed by atoms with Gasteiger partial charge in [-0.25, -0.2) is 0 Å². The largest absolute Gasteiger partial charge is 0.314 e. The lowest BCUT2D eigenvalue weighted by Gasteiger charge is -2.20. The van der Waals surface area contributed by atoms with Crippen molar-refractivity contribution < 1.29 is 0 Å². The molecule has 1 heteroatoms. The van der Waals surface area contributed by atoms with E-state index in [1.165, 1.54) is 42.4 Å². The van der Waals surface area contributed by atoms with Gasteiger partial charge < -0.3 is 5.32 Å². The molecule has 0 heterocycles. The van der Waals surface area contributed by atoms with E-state index in [1.54, 1.807) is 0 Å². The Balaban J connectivity index is 2.53. The Morgan fingerprint density at radius 2 is 1.68 bits per heavy atom. The first-order valence-electron chi connectivity index (χ1n) is 7.81. The minimum atomic E-state index is 0.667. The predicted molar refractivity (Wildman–Crippen MR) is 85.8 cm³/mol. The molecule has 108 valence electrons. The molecule has 0 aliphatic rings. The van der Waals surface area contributed by atoms with Crippen LogP contribution in [0.25, 0.3) is 0 Å². The van der Waals surface area contributed by atoms with Crippen molar-refractivity contribution in [3.8, 4) is 0 Å². The Labute approximate surface area is 119 Å². The second-order valence-corrected chi connectivity index (χ2v) is 6.32. The highest BCUT2D eigenvalue weighted by atomic mass is 14.9. The van der Waals surface area contributed by atoms with Crippen LogP contribution in [0.5, 0.6) is 0 Å². The molecule has 0 bridgehead atoms. The summed E-state index contributed by atoms with van der Waals surface area (Å²) in [5.74, 6) is 0.772. The van der Waals surface area contributed by atoms with Crippen LogP contribution in [-0.4, -0.2) is 12.6 Å². The molecule has 0 saturated carbocycles. The monoisotopic (exact) mass is 261 g/mol. The van der Waals surface area contributed by atoms with Gasteiger partial charge in [0.25, 0.3) is 0 Å². The van der Waals surface area contributed by atoms with Gasteiger partial charge in [-0.2, -0.15) is 0 Å². The molecule has 0 saturated heterocycles. The highest BCUT2D eigenvalue weighted by molar-refractivity contribution is 5.28. The minimum Gasteiger partial charge on any atom is -0.314 e. The molecule has 0 radical (unpaired) electrons. The number of hydrogen-bond acceptors (Lipinski definition) is 1. The summed E-state index contributed by atoms with van der Waals surface area (Å²) in [6.45, 7) is 12.4. The van der Waals surface area contributed by atoms with Crippen LogP contribution in [-0.2, 0) is 6.42 Å². The molecule has 0 aliphatic carbocycles. The molecular formula is C18H31N. The molecule has 1 N–H and O–H groups in total. The molecule has 0 amide bonds. The SMILES string of the molecule is CCCNC(CCc1cc(C)cc(C)c1)CC(C)C. The number of aryl methyl sites for hydroxylation is 3. The van der Waals surface area contributed by atoms with Crippen LogP contribution in [0.3, 0.4) is 0 Å². The predicted octanol–water partition coefficient (Wildman–Crippen LogP) is 4.65. The van der Waals surface area contributed by atoms with E-state index < -0.39 is 0 Å². The zero-order valence-electron chi connectivity index (χ0n) is 13.4. The van der Waals surface area contributed by atoms with Crippen molar-refractivity contribution in [3.63, 3.8) is 0 Å². The molecule has 1 atom stereocenters. The summed E-state index contributed by atoms with van der Waals surface area (Å²) in [5, 5.41) is 3.70. The third kappa shape index (κ3) is 6.77. The van der Waals surface area contributed by atoms with Gasteiger partial charge in [0.15, 0.2) is 0 Å². The zero-order valence-corrected chi connectivity index (χ0v) is 13.4. The fraction of sp³-hybridized carbons (Fsp3) is 0.667. The third-order valence-corrected chi connectivity index (χ3v) is 3.50. The lowest BCUT2D eigenvalue weighted by Crippen LogP contribution is -2.31. The van der Waals surface area contributed by atoms with Gasteiger partial charge in [0.05, 0.1) is 0 Å². The Morgan fingerprint density at radius 1 is 1.05 bits per heavy atom. The van der Waals surface area contributed by atoms with Crippen molar-refractivity contribution in [2.24, 2.45) is 5.92 Å². The van der Waals surface area contributed by atoms with Gasteiger partial charge in [0, 0.05) is 6.04 Å². The van der Waals surface area contributed by atoms with E-state index in [9.17, 15) is 0 Å². The summed E-state index contributed by atoms with van der Waals surface area (Å²) in [5.41, 5.74) is 4.26. The maximum atomic E-state index is 3.70. The van der Waals surface area contributed by atoms with Crippen LogP contribution in [0.15, 0.2) is 18.2 Å². The first kappa shape index (κ1) is 16.2. The normalized spacial score (nSPS) is 12.9. The molecule has 0 aliphatic heterocycles. The van der Waals surface area contributed by atoms with E-state index in [4.69, 9.17) is 0 Å². The van der Waals surface area contributed by atoms with Gasteiger partial charge >= 0.3 is 0 Å². The molecule has 0 spiro atoms. The third-order valence-electron chi connectivity index (χ3n) is 3.50. The van der Waals surface area contributed by atoms with E-state index in [2.05, 4.69) is 58.1 Å². The highest BCUT2D eigenvalue weighted by Gasteiger charge is 2.10. The standard InChI is InChI=1S/C18H31N/c1-6-9-19-18(10-14(2)3)8-7-17-12-15(4)11-16(5)13-17/h11-14,18-19H,6-10H2,1-5H3. The number of hydrogen-bond donors (Lipinski definition) is 1. The van der Waals surface area contributed by atoms with Crippen molar-refractivity contribution in [2.75, 3.05) is 6.54 Å². The lowest BCUT2D eigenvalue weighted by molar-refractivity contribution is 0.398. The first-order chi connectivity index (χ1) is 9.01. The van der Waals surface area contributed by atoms with Crippen LogP contribution < -0.4 is 5.32 Å². The van der Waals surface area contributed by atoms with E-state index in [1.807, 2.05) is 0 Å². The number of nitrogens with one attached hydrogen (secondary N) is 1. The van der Waals surface area contributed by atoms with Crippen molar-refractivity contribution in [2.45, 2.75) is 66.3 Å². The van der Waals surface area contributed by atoms with Crippen molar-refractivity contribution >= 4 is 0 Å². The van der Waals surface area contributed by atoms with Gasteiger partial charge in [-0.05, 0) is 57.6 Å². The lowest BCUT2D eigenvalue weighted by atomic mass is 9.96. The topological polar surface area (TPSA) is 12.0 Å². The fourth-order valence-electron chi connectivity index (χ4n) is 2.77. The maximum absolute atomic E-state index is 3.70. The number of benzene rings is 1. The van der Waals surface area contributed by atoms with Gasteiger partial charge in [0.2, 0.25) is 0 Å². The quantitative estimate of drug-likeness (QED) is 0.718. The Kier molecular flexibility index (Phi) is 7.15. The summed E-state index contributed by atoms with van der Waals surface area (Å²) in [6.07, 6.45) is 4.95. The van der Waals surface area contributed by atoms with Gasteiger partial charge in [-0.15, -0.1) is 0 Å². The van der Waals surface area contributed by atoms with Crippen LogP contribution >= 0.6 is 0 Å². The van der Waals surface area contributed by atoms with Crippen LogP contribution in [0.2, 0.25) is 0 Å². The van der Waals surface area contributed by atoms with Crippen LogP contribution in [0, 0.1) is 19.8 Å². The van der Waals surface area contributed by atoms with E-state index in [0.717, 1.165) is 12.5 Å². The molecule has 1 rings (SSSR count). The summed E-state index contributed by atoms with van der Waals surface area (Å²) in [6, 6.07) is 7.59. The molecule has 1 unspecified atom stereocenters. The second-order valence-electron chi connectivity index (χ2n) is 6.32. The Hall–Kier alpha value is -0.820. The Bertz CT molecular complexity index is 348. The van der Waals surface area contributed by atoms with E-state index in [-0.39, 0.29) is 0 Å². The van der Waals surface area contributed by atoms with Gasteiger partial charge in [-0.3, -0.25) is 0 Å². The summed E-state index contributed by atoms with van der Waals surface area (Å²) in [7, 11) is 0. The Morgan fingerprint density at radius 3 is 2.21 bits per heavy atom. The minimum absolute atomic E-state index is 0.667. The average Bonchev–Trinajstić information content (AvgIpc) is 2.31. The molecule has 1 nitrogen and oxygen atoms in total. The fourth-order valence-corrected chi connectivity index (χ4v) is 2.77. The van der Waals surface area contributed by atoms with Crippen molar-refractivity contribution in [3.05, 3.63) is 34.9 Å². The average molecular weight is 261 g/mol. The van der Waals surface area contributed by atoms with Crippen LogP contribution in [0.1, 0.15) is 56.7 Å².